The molecule has 0 atom stereocenters. The molecular formula is C15H10N2O2. The van der Waals surface area contributed by atoms with Crippen molar-refractivity contribution in [1.29, 1.82) is 5.26 Å². The van der Waals surface area contributed by atoms with E-state index in [9.17, 15) is 10.1 Å². The Balaban J connectivity index is 2.27. The number of nitriles is 1. The van der Waals surface area contributed by atoms with E-state index in [1.54, 1.807) is 54.6 Å². The van der Waals surface area contributed by atoms with E-state index in [4.69, 9.17) is 5.26 Å². The summed E-state index contributed by atoms with van der Waals surface area (Å²) in [6.07, 6.45) is 3.48. The molecule has 0 saturated heterocycles. The predicted octanol–water partition coefficient (Wildman–Crippen LogP) is 3.64. The van der Waals surface area contributed by atoms with Crippen molar-refractivity contribution in [2.45, 2.75) is 0 Å². The summed E-state index contributed by atoms with van der Waals surface area (Å²) >= 11 is 0. The first-order valence-corrected chi connectivity index (χ1v) is 5.62. The van der Waals surface area contributed by atoms with Gasteiger partial charge >= 0.3 is 0 Å². The number of nitro groups is 1. The molecule has 0 saturated carbocycles. The van der Waals surface area contributed by atoms with Crippen molar-refractivity contribution in [2.24, 2.45) is 0 Å². The minimum Gasteiger partial charge on any atom is -0.258 e. The van der Waals surface area contributed by atoms with Gasteiger partial charge < -0.3 is 0 Å². The van der Waals surface area contributed by atoms with E-state index < -0.39 is 4.92 Å². The third kappa shape index (κ3) is 3.05. The van der Waals surface area contributed by atoms with Crippen molar-refractivity contribution in [2.75, 3.05) is 0 Å². The number of para-hydroxylation sites is 1. The standard InChI is InChI=1S/C15H10N2O2/c16-11-13-7-5-12(6-8-13)9-10-14-3-1-2-4-15(14)17(18)19/h1-10H/b10-9+. The maximum absolute atomic E-state index is 10.9. The lowest BCUT2D eigenvalue weighted by molar-refractivity contribution is -0.385. The fraction of sp³-hybridized carbons (Fsp3) is 0. The molecule has 0 amide bonds. The van der Waals surface area contributed by atoms with Gasteiger partial charge in [0.15, 0.2) is 0 Å². The molecule has 92 valence electrons. The van der Waals surface area contributed by atoms with Crippen molar-refractivity contribution in [3.8, 4) is 6.07 Å². The van der Waals surface area contributed by atoms with Gasteiger partial charge in [-0.1, -0.05) is 30.3 Å². The van der Waals surface area contributed by atoms with Crippen molar-refractivity contribution in [3.63, 3.8) is 0 Å². The van der Waals surface area contributed by atoms with Crippen LogP contribution in [0.3, 0.4) is 0 Å². The molecule has 2 aromatic rings. The first kappa shape index (κ1) is 12.5. The van der Waals surface area contributed by atoms with Gasteiger partial charge in [-0.15, -0.1) is 0 Å². The molecule has 0 aromatic heterocycles. The highest BCUT2D eigenvalue weighted by atomic mass is 16.6. The van der Waals surface area contributed by atoms with Crippen LogP contribution in [0.4, 0.5) is 5.69 Å². The quantitative estimate of drug-likeness (QED) is 0.474. The fourth-order valence-electron chi connectivity index (χ4n) is 1.65. The molecule has 2 aromatic carbocycles. The Morgan fingerprint density at radius 1 is 1.05 bits per heavy atom. The van der Waals surface area contributed by atoms with Crippen LogP contribution in [0.2, 0.25) is 0 Å². The number of nitrogens with zero attached hydrogens (tertiary/aromatic N) is 2. The van der Waals surface area contributed by atoms with Gasteiger partial charge in [0.05, 0.1) is 22.1 Å². The van der Waals surface area contributed by atoms with E-state index in [-0.39, 0.29) is 5.69 Å². The molecule has 4 nitrogen and oxygen atoms in total. The third-order valence-corrected chi connectivity index (χ3v) is 2.63. The van der Waals surface area contributed by atoms with Crippen LogP contribution in [0.25, 0.3) is 12.2 Å². The monoisotopic (exact) mass is 250 g/mol. The minimum absolute atomic E-state index is 0.0763. The minimum atomic E-state index is -0.404. The van der Waals surface area contributed by atoms with E-state index in [0.717, 1.165) is 5.56 Å². The van der Waals surface area contributed by atoms with E-state index in [1.807, 2.05) is 6.07 Å². The van der Waals surface area contributed by atoms with Gasteiger partial charge in [-0.3, -0.25) is 10.1 Å². The SMILES string of the molecule is N#Cc1ccc(/C=C/c2ccccc2[N+](=O)[O-])cc1. The average molecular weight is 250 g/mol. The largest absolute Gasteiger partial charge is 0.276 e. The molecule has 0 aliphatic rings. The lowest BCUT2D eigenvalue weighted by Gasteiger charge is -1.97. The van der Waals surface area contributed by atoms with Crippen molar-refractivity contribution < 1.29 is 4.92 Å². The first-order valence-electron chi connectivity index (χ1n) is 5.62. The molecule has 0 bridgehead atoms. The van der Waals surface area contributed by atoms with Crippen LogP contribution < -0.4 is 0 Å². The van der Waals surface area contributed by atoms with Gasteiger partial charge in [-0.05, 0) is 29.8 Å². The number of hydrogen-bond donors (Lipinski definition) is 0. The zero-order chi connectivity index (χ0) is 13.7. The number of rotatable bonds is 3. The lowest BCUT2D eigenvalue weighted by Crippen LogP contribution is -1.90. The summed E-state index contributed by atoms with van der Waals surface area (Å²) in [6, 6.07) is 15.6. The molecule has 0 heterocycles. The Hall–Kier alpha value is -2.93. The summed E-state index contributed by atoms with van der Waals surface area (Å²) < 4.78 is 0. The van der Waals surface area contributed by atoms with E-state index in [0.29, 0.717) is 11.1 Å². The van der Waals surface area contributed by atoms with E-state index in [1.165, 1.54) is 6.07 Å². The maximum Gasteiger partial charge on any atom is 0.276 e. The van der Waals surface area contributed by atoms with Gasteiger partial charge in [0, 0.05) is 6.07 Å². The number of benzene rings is 2. The summed E-state index contributed by atoms with van der Waals surface area (Å²) in [7, 11) is 0. The molecule has 0 radical (unpaired) electrons. The number of nitro benzene ring substituents is 1. The maximum atomic E-state index is 10.9. The molecule has 0 fully saturated rings. The molecule has 19 heavy (non-hydrogen) atoms. The van der Waals surface area contributed by atoms with Gasteiger partial charge in [-0.2, -0.15) is 5.26 Å². The van der Waals surface area contributed by atoms with Crippen molar-refractivity contribution >= 4 is 17.8 Å². The highest BCUT2D eigenvalue weighted by Crippen LogP contribution is 2.20. The molecule has 0 unspecified atom stereocenters. The fourth-order valence-corrected chi connectivity index (χ4v) is 1.65. The number of hydrogen-bond acceptors (Lipinski definition) is 3. The summed E-state index contributed by atoms with van der Waals surface area (Å²) in [5, 5.41) is 19.5. The highest BCUT2D eigenvalue weighted by Gasteiger charge is 2.08. The van der Waals surface area contributed by atoms with Crippen LogP contribution in [0.15, 0.2) is 48.5 Å². The van der Waals surface area contributed by atoms with Crippen molar-refractivity contribution in [1.82, 2.24) is 0 Å². The topological polar surface area (TPSA) is 66.9 Å². The Labute approximate surface area is 110 Å². The molecule has 4 heteroatoms. The highest BCUT2D eigenvalue weighted by molar-refractivity contribution is 5.74. The smallest absolute Gasteiger partial charge is 0.258 e. The average Bonchev–Trinajstić information content (AvgIpc) is 2.46. The zero-order valence-corrected chi connectivity index (χ0v) is 9.98. The van der Waals surface area contributed by atoms with Gasteiger partial charge in [0.25, 0.3) is 5.69 Å². The molecule has 0 aliphatic heterocycles. The normalized spacial score (nSPS) is 10.3. The second kappa shape index (κ2) is 5.61. The van der Waals surface area contributed by atoms with Gasteiger partial charge in [-0.25, -0.2) is 0 Å². The van der Waals surface area contributed by atoms with Crippen LogP contribution in [0, 0.1) is 21.4 Å². The van der Waals surface area contributed by atoms with Crippen LogP contribution in [0.1, 0.15) is 16.7 Å². The van der Waals surface area contributed by atoms with Crippen LogP contribution >= 0.6 is 0 Å². The molecular weight excluding hydrogens is 240 g/mol. The predicted molar refractivity (Wildman–Crippen MR) is 73.2 cm³/mol. The Bertz CT molecular complexity index is 667. The summed E-state index contributed by atoms with van der Waals surface area (Å²) in [4.78, 5) is 10.4. The molecule has 0 aliphatic carbocycles. The first-order chi connectivity index (χ1) is 9.20. The lowest BCUT2D eigenvalue weighted by atomic mass is 10.1. The van der Waals surface area contributed by atoms with Crippen LogP contribution in [-0.4, -0.2) is 4.92 Å². The van der Waals surface area contributed by atoms with Gasteiger partial charge in [0.2, 0.25) is 0 Å². The third-order valence-electron chi connectivity index (χ3n) is 2.63. The van der Waals surface area contributed by atoms with Crippen molar-refractivity contribution in [3.05, 3.63) is 75.3 Å². The van der Waals surface area contributed by atoms with Crippen LogP contribution in [0.5, 0.6) is 0 Å². The Morgan fingerprint density at radius 2 is 1.74 bits per heavy atom. The Morgan fingerprint density at radius 3 is 2.37 bits per heavy atom. The second-order valence-corrected chi connectivity index (χ2v) is 3.88. The molecule has 0 spiro atoms. The second-order valence-electron chi connectivity index (χ2n) is 3.88. The zero-order valence-electron chi connectivity index (χ0n) is 9.98. The van der Waals surface area contributed by atoms with E-state index >= 15 is 0 Å². The van der Waals surface area contributed by atoms with E-state index in [2.05, 4.69) is 0 Å². The molecule has 0 N–H and O–H groups in total. The summed E-state index contributed by atoms with van der Waals surface area (Å²) in [5.41, 5.74) is 2.10. The summed E-state index contributed by atoms with van der Waals surface area (Å²) in [5.74, 6) is 0. The summed E-state index contributed by atoms with van der Waals surface area (Å²) in [6.45, 7) is 0. The van der Waals surface area contributed by atoms with Gasteiger partial charge in [0.1, 0.15) is 0 Å². The Kier molecular flexibility index (Phi) is 3.70. The molecule has 2 rings (SSSR count). The van der Waals surface area contributed by atoms with Crippen LogP contribution in [-0.2, 0) is 0 Å².